The van der Waals surface area contributed by atoms with Crippen LogP contribution in [0.2, 0.25) is 0 Å². The molecule has 9 heavy (non-hydrogen) atoms. The molecule has 2 nitrogen and oxygen atoms in total. The molecule has 2 aliphatic rings. The second kappa shape index (κ2) is 1.79. The fourth-order valence-corrected chi connectivity index (χ4v) is 0.898. The summed E-state index contributed by atoms with van der Waals surface area (Å²) in [5.74, 6) is 1.81. The van der Waals surface area contributed by atoms with Crippen molar-refractivity contribution < 1.29 is 4.74 Å². The van der Waals surface area contributed by atoms with Crippen molar-refractivity contribution in [2.75, 3.05) is 0 Å². The molecule has 1 aliphatic heterocycles. The molecular formula is C7H9NO. The van der Waals surface area contributed by atoms with Crippen molar-refractivity contribution in [2.24, 2.45) is 5.92 Å². The lowest BCUT2D eigenvalue weighted by molar-refractivity contribution is 0.313. The Morgan fingerprint density at radius 1 is 1.56 bits per heavy atom. The van der Waals surface area contributed by atoms with Crippen LogP contribution in [0.15, 0.2) is 24.4 Å². The Morgan fingerprint density at radius 3 is 3.00 bits per heavy atom. The first-order valence-electron chi connectivity index (χ1n) is 3.24. The van der Waals surface area contributed by atoms with Gasteiger partial charge in [0, 0.05) is 18.3 Å². The number of nitrogens with one attached hydrogen (secondary N) is 1. The van der Waals surface area contributed by atoms with Crippen molar-refractivity contribution in [1.29, 1.82) is 0 Å². The van der Waals surface area contributed by atoms with Crippen LogP contribution in [-0.2, 0) is 4.74 Å². The van der Waals surface area contributed by atoms with E-state index in [9.17, 15) is 0 Å². The van der Waals surface area contributed by atoms with Crippen LogP contribution in [0.3, 0.4) is 0 Å². The highest BCUT2D eigenvalue weighted by Crippen LogP contribution is 2.37. The summed E-state index contributed by atoms with van der Waals surface area (Å²) >= 11 is 0. The third kappa shape index (κ3) is 0.922. The molecule has 0 amide bonds. The summed E-state index contributed by atoms with van der Waals surface area (Å²) in [6, 6.07) is 0. The lowest BCUT2D eigenvalue weighted by Crippen LogP contribution is -2.03. The Bertz CT molecular complexity index is 168. The Hall–Kier alpha value is -0.920. The van der Waals surface area contributed by atoms with Crippen molar-refractivity contribution >= 4 is 0 Å². The standard InChI is InChI=1S/C7H9NO/c1-2-6(1)7-5-8-3-4-9-7/h3-6,8H,1-2H2. The second-order valence-corrected chi connectivity index (χ2v) is 2.41. The quantitative estimate of drug-likeness (QED) is 0.568. The van der Waals surface area contributed by atoms with E-state index in [2.05, 4.69) is 5.32 Å². The van der Waals surface area contributed by atoms with Gasteiger partial charge in [0.15, 0.2) is 0 Å². The van der Waals surface area contributed by atoms with Crippen molar-refractivity contribution in [3.05, 3.63) is 24.4 Å². The topological polar surface area (TPSA) is 21.3 Å². The summed E-state index contributed by atoms with van der Waals surface area (Å²) in [4.78, 5) is 0. The van der Waals surface area contributed by atoms with Gasteiger partial charge in [-0.15, -0.1) is 0 Å². The fraction of sp³-hybridized carbons (Fsp3) is 0.429. The van der Waals surface area contributed by atoms with Gasteiger partial charge in [-0.2, -0.15) is 0 Å². The van der Waals surface area contributed by atoms with Crippen LogP contribution in [0.4, 0.5) is 0 Å². The lowest BCUT2D eigenvalue weighted by atomic mass is 10.3. The molecule has 1 fully saturated rings. The van der Waals surface area contributed by atoms with Crippen LogP contribution in [0.25, 0.3) is 0 Å². The highest BCUT2D eigenvalue weighted by Gasteiger charge is 2.27. The zero-order valence-electron chi connectivity index (χ0n) is 5.13. The minimum Gasteiger partial charge on any atom is -0.466 e. The minimum atomic E-state index is 0.711. The van der Waals surface area contributed by atoms with Gasteiger partial charge in [0.1, 0.15) is 12.0 Å². The molecule has 2 heteroatoms. The third-order valence-electron chi connectivity index (χ3n) is 1.57. The van der Waals surface area contributed by atoms with Crippen LogP contribution in [0.1, 0.15) is 12.8 Å². The van der Waals surface area contributed by atoms with Crippen molar-refractivity contribution in [2.45, 2.75) is 12.8 Å². The Morgan fingerprint density at radius 2 is 2.44 bits per heavy atom. The molecule has 1 N–H and O–H groups in total. The van der Waals surface area contributed by atoms with E-state index < -0.39 is 0 Å². The SMILES string of the molecule is C1=COC(C2CC2)=CN1. The summed E-state index contributed by atoms with van der Waals surface area (Å²) in [6.07, 6.45) is 7.99. The molecule has 0 spiro atoms. The maximum Gasteiger partial charge on any atom is 0.122 e. The third-order valence-corrected chi connectivity index (χ3v) is 1.57. The maximum atomic E-state index is 5.22. The van der Waals surface area contributed by atoms with Gasteiger partial charge >= 0.3 is 0 Å². The van der Waals surface area contributed by atoms with Gasteiger partial charge < -0.3 is 10.1 Å². The fourth-order valence-electron chi connectivity index (χ4n) is 0.898. The molecule has 0 bridgehead atoms. The van der Waals surface area contributed by atoms with E-state index in [1.807, 2.05) is 6.20 Å². The zero-order valence-corrected chi connectivity index (χ0v) is 5.13. The van der Waals surface area contributed by atoms with Crippen LogP contribution in [-0.4, -0.2) is 0 Å². The van der Waals surface area contributed by atoms with Crippen molar-refractivity contribution in [1.82, 2.24) is 5.32 Å². The van der Waals surface area contributed by atoms with Gasteiger partial charge in [-0.3, -0.25) is 0 Å². The van der Waals surface area contributed by atoms with Gasteiger partial charge in [-0.25, -0.2) is 0 Å². The van der Waals surface area contributed by atoms with E-state index in [-0.39, 0.29) is 0 Å². The van der Waals surface area contributed by atoms with Gasteiger partial charge in [-0.05, 0) is 12.8 Å². The van der Waals surface area contributed by atoms with Crippen molar-refractivity contribution in [3.8, 4) is 0 Å². The molecule has 0 saturated heterocycles. The number of rotatable bonds is 1. The van der Waals surface area contributed by atoms with Gasteiger partial charge in [-0.1, -0.05) is 0 Å². The van der Waals surface area contributed by atoms with E-state index in [4.69, 9.17) is 4.74 Å². The first-order chi connectivity index (χ1) is 4.47. The predicted octanol–water partition coefficient (Wildman–Crippen LogP) is 1.33. The van der Waals surface area contributed by atoms with E-state index in [0.717, 1.165) is 5.76 Å². The van der Waals surface area contributed by atoms with Gasteiger partial charge in [0.25, 0.3) is 0 Å². The van der Waals surface area contributed by atoms with E-state index in [0.29, 0.717) is 5.92 Å². The normalized spacial score (nSPS) is 24.2. The molecule has 0 unspecified atom stereocenters. The molecule has 0 aromatic carbocycles. The molecular weight excluding hydrogens is 114 g/mol. The van der Waals surface area contributed by atoms with Crippen LogP contribution >= 0.6 is 0 Å². The molecule has 1 aliphatic carbocycles. The van der Waals surface area contributed by atoms with E-state index in [1.54, 1.807) is 12.5 Å². The highest BCUT2D eigenvalue weighted by molar-refractivity contribution is 5.09. The molecule has 48 valence electrons. The predicted molar refractivity (Wildman–Crippen MR) is 34.2 cm³/mol. The number of hydrogen-bond donors (Lipinski definition) is 1. The monoisotopic (exact) mass is 123 g/mol. The average molecular weight is 123 g/mol. The lowest BCUT2D eigenvalue weighted by Gasteiger charge is -2.07. The first kappa shape index (κ1) is 4.91. The minimum absolute atomic E-state index is 0.711. The second-order valence-electron chi connectivity index (χ2n) is 2.41. The summed E-state index contributed by atoms with van der Waals surface area (Å²) < 4.78 is 5.22. The molecule has 0 radical (unpaired) electrons. The first-order valence-corrected chi connectivity index (χ1v) is 3.24. The maximum absolute atomic E-state index is 5.22. The van der Waals surface area contributed by atoms with Crippen molar-refractivity contribution in [3.63, 3.8) is 0 Å². The largest absolute Gasteiger partial charge is 0.466 e. The molecule has 1 saturated carbocycles. The van der Waals surface area contributed by atoms with Crippen LogP contribution in [0.5, 0.6) is 0 Å². The Kier molecular flexibility index (Phi) is 0.979. The number of hydrogen-bond acceptors (Lipinski definition) is 2. The zero-order chi connectivity index (χ0) is 6.10. The van der Waals surface area contributed by atoms with Crippen LogP contribution in [0, 0.1) is 5.92 Å². The smallest absolute Gasteiger partial charge is 0.122 e. The van der Waals surface area contributed by atoms with E-state index in [1.165, 1.54) is 12.8 Å². The summed E-state index contributed by atoms with van der Waals surface area (Å²) in [5.41, 5.74) is 0. The Labute approximate surface area is 54.2 Å². The van der Waals surface area contributed by atoms with Crippen LogP contribution < -0.4 is 5.32 Å². The molecule has 0 atom stereocenters. The molecule has 0 aromatic rings. The van der Waals surface area contributed by atoms with E-state index >= 15 is 0 Å². The van der Waals surface area contributed by atoms with Gasteiger partial charge in [0.05, 0.1) is 0 Å². The van der Waals surface area contributed by atoms with Gasteiger partial charge in [0.2, 0.25) is 0 Å². The number of ether oxygens (including phenoxy) is 1. The summed E-state index contributed by atoms with van der Waals surface area (Å²) in [6.45, 7) is 0. The highest BCUT2D eigenvalue weighted by atomic mass is 16.5. The Balaban J connectivity index is 2.02. The summed E-state index contributed by atoms with van der Waals surface area (Å²) in [7, 11) is 0. The molecule has 0 aromatic heterocycles. The molecule has 1 heterocycles. The average Bonchev–Trinajstić information content (AvgIpc) is 2.71. The molecule has 2 rings (SSSR count). The summed E-state index contributed by atoms with van der Waals surface area (Å²) in [5, 5.41) is 2.99. The number of allylic oxidation sites excluding steroid dienone is 1.